The highest BCUT2D eigenvalue weighted by atomic mass is 16.5. The van der Waals surface area contributed by atoms with E-state index in [9.17, 15) is 0 Å². The molecule has 0 spiro atoms. The van der Waals surface area contributed by atoms with E-state index in [1.807, 2.05) is 26.2 Å². The van der Waals surface area contributed by atoms with E-state index < -0.39 is 0 Å². The van der Waals surface area contributed by atoms with E-state index in [1.54, 1.807) is 7.11 Å². The molecule has 2 rings (SSSR count). The quantitative estimate of drug-likeness (QED) is 0.741. The van der Waals surface area contributed by atoms with Gasteiger partial charge in [0, 0.05) is 18.0 Å². The molecule has 1 aromatic heterocycles. The van der Waals surface area contributed by atoms with Crippen LogP contribution in [0.2, 0.25) is 0 Å². The first-order valence-corrected chi connectivity index (χ1v) is 6.18. The van der Waals surface area contributed by atoms with E-state index in [-0.39, 0.29) is 0 Å². The summed E-state index contributed by atoms with van der Waals surface area (Å²) >= 11 is 0. The van der Waals surface area contributed by atoms with Gasteiger partial charge in [-0.25, -0.2) is 9.97 Å². The van der Waals surface area contributed by atoms with Gasteiger partial charge in [0.05, 0.1) is 19.2 Å². The fraction of sp³-hybridized carbons (Fsp3) is 0.429. The molecule has 0 fully saturated rings. The van der Waals surface area contributed by atoms with Crippen molar-refractivity contribution in [1.29, 1.82) is 0 Å². The zero-order chi connectivity index (χ0) is 13.7. The van der Waals surface area contributed by atoms with Crippen LogP contribution in [-0.4, -0.2) is 49.2 Å². The highest BCUT2D eigenvalue weighted by Gasteiger charge is 2.08. The second-order valence-electron chi connectivity index (χ2n) is 4.51. The van der Waals surface area contributed by atoms with Gasteiger partial charge >= 0.3 is 0 Å². The zero-order valence-corrected chi connectivity index (χ0v) is 11.5. The molecule has 101 valence electrons. The summed E-state index contributed by atoms with van der Waals surface area (Å²) in [6, 6.07) is 3.71. The standard InChI is InChI=1S/C14H18N3O2/c1-17(2)5-4-6-19-14-8-12-11(7-13(14)18-3)9-15-10-16-12/h7-8,10H,4-6H2,1-3H3. The van der Waals surface area contributed by atoms with Crippen molar-refractivity contribution in [2.75, 3.05) is 34.4 Å². The molecule has 2 aromatic rings. The summed E-state index contributed by atoms with van der Waals surface area (Å²) in [6.45, 7) is 1.64. The van der Waals surface area contributed by atoms with E-state index in [2.05, 4.69) is 21.1 Å². The number of fused-ring (bicyclic) bond motifs is 1. The number of methoxy groups -OCH3 is 1. The lowest BCUT2D eigenvalue weighted by Crippen LogP contribution is -2.15. The van der Waals surface area contributed by atoms with Crippen molar-refractivity contribution in [3.05, 3.63) is 24.7 Å². The minimum atomic E-state index is 0.648. The van der Waals surface area contributed by atoms with Gasteiger partial charge in [0.1, 0.15) is 12.5 Å². The van der Waals surface area contributed by atoms with Crippen LogP contribution in [0.1, 0.15) is 6.42 Å². The highest BCUT2D eigenvalue weighted by molar-refractivity contribution is 5.81. The molecule has 0 bridgehead atoms. The Bertz CT molecular complexity index is 543. The van der Waals surface area contributed by atoms with E-state index in [4.69, 9.17) is 9.47 Å². The number of nitrogens with zero attached hydrogens (tertiary/aromatic N) is 3. The molecule has 1 aromatic carbocycles. The van der Waals surface area contributed by atoms with Gasteiger partial charge in [-0.05, 0) is 26.6 Å². The number of aromatic nitrogens is 2. The van der Waals surface area contributed by atoms with Gasteiger partial charge in [0.25, 0.3) is 0 Å². The third-order valence-electron chi connectivity index (χ3n) is 2.73. The van der Waals surface area contributed by atoms with Crippen molar-refractivity contribution < 1.29 is 9.47 Å². The van der Waals surface area contributed by atoms with Gasteiger partial charge < -0.3 is 14.4 Å². The summed E-state index contributed by atoms with van der Waals surface area (Å²) < 4.78 is 11.1. The molecule has 0 atom stereocenters. The normalized spacial score (nSPS) is 10.9. The molecule has 5 nitrogen and oxygen atoms in total. The second kappa shape index (κ2) is 6.33. The first-order chi connectivity index (χ1) is 9.20. The number of hydrogen-bond donors (Lipinski definition) is 0. The zero-order valence-electron chi connectivity index (χ0n) is 11.5. The van der Waals surface area contributed by atoms with E-state index >= 15 is 0 Å². The molecular formula is C14H18N3O2. The minimum Gasteiger partial charge on any atom is -0.493 e. The third kappa shape index (κ3) is 3.54. The van der Waals surface area contributed by atoms with Crippen LogP contribution in [0.3, 0.4) is 0 Å². The molecule has 0 aliphatic rings. The maximum atomic E-state index is 5.76. The summed E-state index contributed by atoms with van der Waals surface area (Å²) in [5.41, 5.74) is 0.804. The summed E-state index contributed by atoms with van der Waals surface area (Å²) in [7, 11) is 5.71. The summed E-state index contributed by atoms with van der Waals surface area (Å²) in [6.07, 6.45) is 5.32. The van der Waals surface area contributed by atoms with Crippen LogP contribution in [-0.2, 0) is 0 Å². The van der Waals surface area contributed by atoms with E-state index in [1.165, 1.54) is 6.33 Å². The predicted molar refractivity (Wildman–Crippen MR) is 73.6 cm³/mol. The van der Waals surface area contributed by atoms with Crippen LogP contribution in [0, 0.1) is 6.20 Å². The minimum absolute atomic E-state index is 0.648. The lowest BCUT2D eigenvalue weighted by Gasteiger charge is -2.13. The Hall–Kier alpha value is -1.88. The van der Waals surface area contributed by atoms with Crippen molar-refractivity contribution >= 4 is 10.9 Å². The Labute approximate surface area is 113 Å². The molecule has 0 aliphatic heterocycles. The molecule has 0 saturated carbocycles. The molecule has 19 heavy (non-hydrogen) atoms. The Morgan fingerprint density at radius 3 is 2.84 bits per heavy atom. The number of hydrogen-bond acceptors (Lipinski definition) is 5. The van der Waals surface area contributed by atoms with Crippen molar-refractivity contribution in [2.45, 2.75) is 6.42 Å². The van der Waals surface area contributed by atoms with Crippen LogP contribution in [0.25, 0.3) is 10.9 Å². The molecule has 0 N–H and O–H groups in total. The lowest BCUT2D eigenvalue weighted by molar-refractivity contribution is 0.268. The topological polar surface area (TPSA) is 47.5 Å². The van der Waals surface area contributed by atoms with Crippen LogP contribution in [0.4, 0.5) is 0 Å². The predicted octanol–water partition coefficient (Wildman–Crippen LogP) is 1.77. The molecule has 0 aliphatic carbocycles. The largest absolute Gasteiger partial charge is 0.493 e. The Morgan fingerprint density at radius 2 is 2.11 bits per heavy atom. The molecular weight excluding hydrogens is 242 g/mol. The van der Waals surface area contributed by atoms with Gasteiger partial charge in [-0.2, -0.15) is 0 Å². The Balaban J connectivity index is 2.12. The van der Waals surface area contributed by atoms with Crippen molar-refractivity contribution in [1.82, 2.24) is 14.9 Å². The summed E-state index contributed by atoms with van der Waals surface area (Å²) in [4.78, 5) is 10.2. The number of rotatable bonds is 6. The van der Waals surface area contributed by atoms with Crippen molar-refractivity contribution in [3.8, 4) is 11.5 Å². The van der Waals surface area contributed by atoms with Crippen LogP contribution < -0.4 is 9.47 Å². The van der Waals surface area contributed by atoms with Gasteiger partial charge in [-0.3, -0.25) is 0 Å². The Morgan fingerprint density at radius 1 is 1.26 bits per heavy atom. The van der Waals surface area contributed by atoms with E-state index in [0.717, 1.165) is 23.9 Å². The SMILES string of the molecule is COc1cc2[c]ncnc2cc1OCCCN(C)C. The van der Waals surface area contributed by atoms with Crippen molar-refractivity contribution in [3.63, 3.8) is 0 Å². The number of benzene rings is 1. The maximum Gasteiger partial charge on any atom is 0.163 e. The van der Waals surface area contributed by atoms with Gasteiger partial charge in [-0.15, -0.1) is 0 Å². The first kappa shape index (κ1) is 13.5. The fourth-order valence-electron chi connectivity index (χ4n) is 1.77. The first-order valence-electron chi connectivity index (χ1n) is 6.18. The average molecular weight is 260 g/mol. The smallest absolute Gasteiger partial charge is 0.163 e. The molecule has 5 heteroatoms. The fourth-order valence-corrected chi connectivity index (χ4v) is 1.77. The summed E-state index contributed by atoms with van der Waals surface area (Å²) in [5.74, 6) is 1.39. The van der Waals surface area contributed by atoms with Gasteiger partial charge in [0.2, 0.25) is 0 Å². The molecule has 0 amide bonds. The monoisotopic (exact) mass is 260 g/mol. The van der Waals surface area contributed by atoms with Crippen LogP contribution in [0.5, 0.6) is 11.5 Å². The lowest BCUT2D eigenvalue weighted by atomic mass is 10.2. The van der Waals surface area contributed by atoms with E-state index in [0.29, 0.717) is 18.1 Å². The molecule has 1 heterocycles. The Kier molecular flexibility index (Phi) is 4.52. The highest BCUT2D eigenvalue weighted by Crippen LogP contribution is 2.31. The third-order valence-corrected chi connectivity index (χ3v) is 2.73. The average Bonchev–Trinajstić information content (AvgIpc) is 2.42. The van der Waals surface area contributed by atoms with Crippen LogP contribution in [0.15, 0.2) is 18.5 Å². The van der Waals surface area contributed by atoms with Gasteiger partial charge in [0.15, 0.2) is 11.5 Å². The molecule has 0 saturated heterocycles. The van der Waals surface area contributed by atoms with Gasteiger partial charge in [-0.1, -0.05) is 0 Å². The number of ether oxygens (including phenoxy) is 2. The maximum absolute atomic E-state index is 5.76. The summed E-state index contributed by atoms with van der Waals surface area (Å²) in [5, 5.41) is 0.819. The molecule has 0 unspecified atom stereocenters. The molecule has 1 radical (unpaired) electrons. The van der Waals surface area contributed by atoms with Crippen LogP contribution >= 0.6 is 0 Å². The second-order valence-corrected chi connectivity index (χ2v) is 4.51. The van der Waals surface area contributed by atoms with Crippen molar-refractivity contribution in [2.24, 2.45) is 0 Å².